The third kappa shape index (κ3) is 4.37. The van der Waals surface area contributed by atoms with Gasteiger partial charge in [-0.2, -0.15) is 0 Å². The standard InChI is InChI=1S/C16H17BrO2/c17-15-7-4-8-16(11-15)19-10-9-14(12-18)13-5-2-1-3-6-13/h1-8,11,14,18H,9-10,12H2. The zero-order valence-corrected chi connectivity index (χ0v) is 12.2. The largest absolute Gasteiger partial charge is 0.494 e. The summed E-state index contributed by atoms with van der Waals surface area (Å²) in [5.41, 5.74) is 1.16. The van der Waals surface area contributed by atoms with Crippen LogP contribution in [0.15, 0.2) is 59.1 Å². The van der Waals surface area contributed by atoms with E-state index in [1.807, 2.05) is 54.6 Å². The summed E-state index contributed by atoms with van der Waals surface area (Å²) in [6.45, 7) is 0.739. The molecule has 2 aromatic carbocycles. The van der Waals surface area contributed by atoms with Gasteiger partial charge in [0.15, 0.2) is 0 Å². The minimum Gasteiger partial charge on any atom is -0.494 e. The van der Waals surface area contributed by atoms with Crippen molar-refractivity contribution in [3.05, 3.63) is 64.6 Å². The van der Waals surface area contributed by atoms with Crippen molar-refractivity contribution in [1.82, 2.24) is 0 Å². The lowest BCUT2D eigenvalue weighted by Crippen LogP contribution is -2.09. The zero-order chi connectivity index (χ0) is 13.5. The fourth-order valence-corrected chi connectivity index (χ4v) is 2.34. The quantitative estimate of drug-likeness (QED) is 0.871. The second-order valence-corrected chi connectivity index (χ2v) is 5.30. The third-order valence-electron chi connectivity index (χ3n) is 3.02. The SMILES string of the molecule is OCC(CCOc1cccc(Br)c1)c1ccccc1. The van der Waals surface area contributed by atoms with Gasteiger partial charge in [-0.1, -0.05) is 52.3 Å². The van der Waals surface area contributed by atoms with Crippen LogP contribution in [0.3, 0.4) is 0 Å². The molecule has 1 atom stereocenters. The molecule has 19 heavy (non-hydrogen) atoms. The highest BCUT2D eigenvalue weighted by molar-refractivity contribution is 9.10. The van der Waals surface area contributed by atoms with E-state index >= 15 is 0 Å². The van der Waals surface area contributed by atoms with Crippen molar-refractivity contribution in [2.24, 2.45) is 0 Å². The molecule has 100 valence electrons. The van der Waals surface area contributed by atoms with E-state index in [9.17, 15) is 5.11 Å². The van der Waals surface area contributed by atoms with Gasteiger partial charge in [0.2, 0.25) is 0 Å². The average molecular weight is 321 g/mol. The summed E-state index contributed by atoms with van der Waals surface area (Å²) in [6, 6.07) is 17.8. The summed E-state index contributed by atoms with van der Waals surface area (Å²) < 4.78 is 6.71. The molecule has 0 heterocycles. The molecule has 2 rings (SSSR count). The Kier molecular flexibility index (Phi) is 5.43. The molecule has 0 radical (unpaired) electrons. The molecule has 2 aromatic rings. The van der Waals surface area contributed by atoms with Crippen molar-refractivity contribution in [3.63, 3.8) is 0 Å². The Bertz CT molecular complexity index is 499. The third-order valence-corrected chi connectivity index (χ3v) is 3.52. The predicted octanol–water partition coefficient (Wildman–Crippen LogP) is 3.99. The maximum Gasteiger partial charge on any atom is 0.120 e. The van der Waals surface area contributed by atoms with E-state index in [0.717, 1.165) is 22.2 Å². The minimum atomic E-state index is 0.133. The molecule has 0 saturated carbocycles. The van der Waals surface area contributed by atoms with Gasteiger partial charge in [0, 0.05) is 10.4 Å². The van der Waals surface area contributed by atoms with Gasteiger partial charge in [-0.15, -0.1) is 0 Å². The topological polar surface area (TPSA) is 29.5 Å². The Labute approximate surface area is 122 Å². The summed E-state index contributed by atoms with van der Waals surface area (Å²) in [4.78, 5) is 0. The van der Waals surface area contributed by atoms with Crippen LogP contribution in [0.5, 0.6) is 5.75 Å². The first-order chi connectivity index (χ1) is 9.29. The van der Waals surface area contributed by atoms with E-state index in [2.05, 4.69) is 15.9 Å². The van der Waals surface area contributed by atoms with Crippen molar-refractivity contribution < 1.29 is 9.84 Å². The van der Waals surface area contributed by atoms with Gasteiger partial charge in [0.25, 0.3) is 0 Å². The number of hydrogen-bond acceptors (Lipinski definition) is 2. The summed E-state index contributed by atoms with van der Waals surface area (Å²) in [5.74, 6) is 0.979. The second kappa shape index (κ2) is 7.31. The van der Waals surface area contributed by atoms with Crippen molar-refractivity contribution in [1.29, 1.82) is 0 Å². The average Bonchev–Trinajstić information content (AvgIpc) is 2.45. The fraction of sp³-hybridized carbons (Fsp3) is 0.250. The first-order valence-corrected chi connectivity index (χ1v) is 7.13. The number of ether oxygens (including phenoxy) is 1. The molecule has 0 spiro atoms. The van der Waals surface area contributed by atoms with Crippen LogP contribution < -0.4 is 4.74 Å². The Balaban J connectivity index is 1.87. The van der Waals surface area contributed by atoms with Crippen LogP contribution in [-0.2, 0) is 0 Å². The van der Waals surface area contributed by atoms with Gasteiger partial charge in [0.1, 0.15) is 5.75 Å². The van der Waals surface area contributed by atoms with Crippen LogP contribution in [0.4, 0.5) is 0 Å². The predicted molar refractivity (Wildman–Crippen MR) is 80.5 cm³/mol. The zero-order valence-electron chi connectivity index (χ0n) is 10.6. The van der Waals surface area contributed by atoms with Gasteiger partial charge >= 0.3 is 0 Å². The number of rotatable bonds is 6. The number of halogens is 1. The van der Waals surface area contributed by atoms with Crippen molar-refractivity contribution in [2.45, 2.75) is 12.3 Å². The molecular formula is C16H17BrO2. The molecule has 3 heteroatoms. The van der Waals surface area contributed by atoms with Crippen LogP contribution >= 0.6 is 15.9 Å². The molecule has 0 aliphatic carbocycles. The molecule has 0 aromatic heterocycles. The van der Waals surface area contributed by atoms with Gasteiger partial charge in [0.05, 0.1) is 13.2 Å². The lowest BCUT2D eigenvalue weighted by atomic mass is 9.97. The molecule has 0 aliphatic rings. The Hall–Kier alpha value is -1.32. The molecule has 0 aliphatic heterocycles. The Morgan fingerprint density at radius 2 is 1.84 bits per heavy atom. The van der Waals surface area contributed by atoms with E-state index < -0.39 is 0 Å². The van der Waals surface area contributed by atoms with E-state index in [4.69, 9.17) is 4.74 Å². The van der Waals surface area contributed by atoms with Gasteiger partial charge in [-0.05, 0) is 30.2 Å². The van der Waals surface area contributed by atoms with E-state index in [1.54, 1.807) is 0 Å². The van der Waals surface area contributed by atoms with E-state index in [1.165, 1.54) is 0 Å². The maximum absolute atomic E-state index is 9.46. The lowest BCUT2D eigenvalue weighted by molar-refractivity contribution is 0.229. The number of aliphatic hydroxyl groups is 1. The van der Waals surface area contributed by atoms with Crippen molar-refractivity contribution in [2.75, 3.05) is 13.2 Å². The number of benzene rings is 2. The maximum atomic E-state index is 9.46. The smallest absolute Gasteiger partial charge is 0.120 e. The van der Waals surface area contributed by atoms with E-state index in [-0.39, 0.29) is 12.5 Å². The Morgan fingerprint density at radius 3 is 2.53 bits per heavy atom. The second-order valence-electron chi connectivity index (χ2n) is 4.38. The molecule has 0 amide bonds. The fourth-order valence-electron chi connectivity index (χ4n) is 1.96. The van der Waals surface area contributed by atoms with Crippen LogP contribution in [-0.4, -0.2) is 18.3 Å². The molecular weight excluding hydrogens is 304 g/mol. The normalized spacial score (nSPS) is 12.1. The highest BCUT2D eigenvalue weighted by Gasteiger charge is 2.10. The van der Waals surface area contributed by atoms with Gasteiger partial charge < -0.3 is 9.84 Å². The highest BCUT2D eigenvalue weighted by atomic mass is 79.9. The molecule has 0 saturated heterocycles. The molecule has 0 bridgehead atoms. The Morgan fingerprint density at radius 1 is 1.05 bits per heavy atom. The summed E-state index contributed by atoms with van der Waals surface area (Å²) >= 11 is 3.41. The number of aliphatic hydroxyl groups excluding tert-OH is 1. The van der Waals surface area contributed by atoms with Crippen LogP contribution in [0, 0.1) is 0 Å². The van der Waals surface area contributed by atoms with Gasteiger partial charge in [-0.25, -0.2) is 0 Å². The van der Waals surface area contributed by atoms with Crippen molar-refractivity contribution >= 4 is 15.9 Å². The monoisotopic (exact) mass is 320 g/mol. The van der Waals surface area contributed by atoms with Crippen LogP contribution in [0.2, 0.25) is 0 Å². The van der Waals surface area contributed by atoms with Gasteiger partial charge in [-0.3, -0.25) is 0 Å². The molecule has 2 nitrogen and oxygen atoms in total. The first kappa shape index (κ1) is 14.1. The number of hydrogen-bond donors (Lipinski definition) is 1. The highest BCUT2D eigenvalue weighted by Crippen LogP contribution is 2.21. The van der Waals surface area contributed by atoms with Crippen LogP contribution in [0.25, 0.3) is 0 Å². The molecule has 1 N–H and O–H groups in total. The molecule has 0 fully saturated rings. The first-order valence-electron chi connectivity index (χ1n) is 6.34. The van der Waals surface area contributed by atoms with Crippen LogP contribution in [0.1, 0.15) is 17.9 Å². The lowest BCUT2D eigenvalue weighted by Gasteiger charge is -2.15. The van der Waals surface area contributed by atoms with E-state index in [0.29, 0.717) is 6.61 Å². The van der Waals surface area contributed by atoms with Crippen molar-refractivity contribution in [3.8, 4) is 5.75 Å². The summed E-state index contributed by atoms with van der Waals surface area (Å²) in [6.07, 6.45) is 0.799. The summed E-state index contributed by atoms with van der Waals surface area (Å²) in [7, 11) is 0. The summed E-state index contributed by atoms with van der Waals surface area (Å²) in [5, 5.41) is 9.46. The molecule has 1 unspecified atom stereocenters. The minimum absolute atomic E-state index is 0.133.